The van der Waals surface area contributed by atoms with Crippen LogP contribution in [0.15, 0.2) is 120 Å². The Hall–Kier alpha value is -5.53. The molecule has 4 heteroatoms. The molecule has 8 aromatic rings. The molecule has 180 valence electrons. The summed E-state index contributed by atoms with van der Waals surface area (Å²) in [5.41, 5.74) is 9.26. The van der Waals surface area contributed by atoms with Crippen LogP contribution in [-0.4, -0.2) is 9.97 Å². The summed E-state index contributed by atoms with van der Waals surface area (Å²) in [7, 11) is 0. The first kappa shape index (κ1) is 21.5. The summed E-state index contributed by atoms with van der Waals surface area (Å²) < 4.78 is 6.01. The van der Waals surface area contributed by atoms with Gasteiger partial charge in [0, 0.05) is 32.5 Å². The van der Waals surface area contributed by atoms with Crippen LogP contribution in [0.5, 0.6) is 0 Å². The van der Waals surface area contributed by atoms with E-state index in [2.05, 4.69) is 65.5 Å². The SMILES string of the molecule is [C-]#[N+]c1ccc2oc3ccc(-c4ccc(-c5nc6ccccc6c6nc7ccccc7cc56)cc4)cc3c2c1. The van der Waals surface area contributed by atoms with Crippen LogP contribution >= 0.6 is 0 Å². The first-order valence-electron chi connectivity index (χ1n) is 12.8. The van der Waals surface area contributed by atoms with Crippen molar-refractivity contribution in [1.29, 1.82) is 0 Å². The summed E-state index contributed by atoms with van der Waals surface area (Å²) >= 11 is 0. The molecule has 0 N–H and O–H groups in total. The fourth-order valence-corrected chi connectivity index (χ4v) is 5.51. The van der Waals surface area contributed by atoms with Crippen molar-refractivity contribution in [2.24, 2.45) is 0 Å². The second-order valence-electron chi connectivity index (χ2n) is 9.74. The van der Waals surface area contributed by atoms with Crippen LogP contribution in [-0.2, 0) is 0 Å². The Bertz CT molecular complexity index is 2290. The largest absolute Gasteiger partial charge is 0.456 e. The number of para-hydroxylation sites is 2. The highest BCUT2D eigenvalue weighted by Crippen LogP contribution is 2.37. The van der Waals surface area contributed by atoms with Crippen LogP contribution in [0.25, 0.3) is 81.9 Å². The van der Waals surface area contributed by atoms with Crippen LogP contribution in [0.2, 0.25) is 0 Å². The number of nitrogens with zero attached hydrogens (tertiary/aromatic N) is 3. The Morgan fingerprint density at radius 3 is 2.08 bits per heavy atom. The topological polar surface area (TPSA) is 43.3 Å². The van der Waals surface area contributed by atoms with Gasteiger partial charge < -0.3 is 4.42 Å². The lowest BCUT2D eigenvalue weighted by Crippen LogP contribution is -1.92. The van der Waals surface area contributed by atoms with Crippen molar-refractivity contribution in [1.82, 2.24) is 9.97 Å². The molecular formula is C35H19N3O. The molecule has 0 aliphatic carbocycles. The third kappa shape index (κ3) is 3.38. The fraction of sp³-hybridized carbons (Fsp3) is 0. The van der Waals surface area contributed by atoms with Gasteiger partial charge in [-0.2, -0.15) is 0 Å². The number of hydrogen-bond donors (Lipinski definition) is 0. The monoisotopic (exact) mass is 497 g/mol. The minimum Gasteiger partial charge on any atom is -0.456 e. The van der Waals surface area contributed by atoms with Gasteiger partial charge in [0.25, 0.3) is 0 Å². The average Bonchev–Trinajstić information content (AvgIpc) is 3.37. The van der Waals surface area contributed by atoms with Gasteiger partial charge in [-0.15, -0.1) is 0 Å². The molecule has 0 spiro atoms. The highest BCUT2D eigenvalue weighted by atomic mass is 16.3. The third-order valence-corrected chi connectivity index (χ3v) is 7.44. The lowest BCUT2D eigenvalue weighted by atomic mass is 9.98. The molecule has 0 aliphatic heterocycles. The number of fused-ring (bicyclic) bond motifs is 7. The van der Waals surface area contributed by atoms with Crippen molar-refractivity contribution in [2.45, 2.75) is 0 Å². The second-order valence-corrected chi connectivity index (χ2v) is 9.74. The molecular weight excluding hydrogens is 478 g/mol. The lowest BCUT2D eigenvalue weighted by Gasteiger charge is -2.11. The van der Waals surface area contributed by atoms with E-state index < -0.39 is 0 Å². The fourth-order valence-electron chi connectivity index (χ4n) is 5.51. The minimum absolute atomic E-state index is 0.609. The van der Waals surface area contributed by atoms with Gasteiger partial charge in [0.15, 0.2) is 5.69 Å². The van der Waals surface area contributed by atoms with E-state index in [1.165, 1.54) is 0 Å². The molecule has 3 aromatic heterocycles. The summed E-state index contributed by atoms with van der Waals surface area (Å²) in [6, 6.07) is 39.0. The Morgan fingerprint density at radius 1 is 0.538 bits per heavy atom. The molecule has 0 bridgehead atoms. The van der Waals surface area contributed by atoms with Gasteiger partial charge in [0.1, 0.15) is 11.2 Å². The number of benzene rings is 5. The molecule has 0 unspecified atom stereocenters. The van der Waals surface area contributed by atoms with Gasteiger partial charge >= 0.3 is 0 Å². The molecule has 5 aromatic carbocycles. The maximum Gasteiger partial charge on any atom is 0.188 e. The van der Waals surface area contributed by atoms with Gasteiger partial charge in [-0.05, 0) is 53.6 Å². The van der Waals surface area contributed by atoms with Crippen molar-refractivity contribution >= 4 is 60.3 Å². The standard InChI is InChI=1S/C35H19N3O/c1-36-25-15-17-33-28(20-25)27-18-23(14-16-32(27)39-33)21-10-12-22(13-11-21)34-29-19-24-6-2-4-8-30(24)37-35(29)26-7-3-5-9-31(26)38-34/h2-20H. The molecule has 0 amide bonds. The van der Waals surface area contributed by atoms with E-state index in [1.807, 2.05) is 48.5 Å². The van der Waals surface area contributed by atoms with Crippen LogP contribution in [0.3, 0.4) is 0 Å². The van der Waals surface area contributed by atoms with Gasteiger partial charge in [-0.25, -0.2) is 14.8 Å². The Labute approximate surface area is 223 Å². The zero-order chi connectivity index (χ0) is 25.9. The molecule has 0 fully saturated rings. The van der Waals surface area contributed by atoms with E-state index in [-0.39, 0.29) is 0 Å². The molecule has 0 saturated carbocycles. The molecule has 3 heterocycles. The molecule has 39 heavy (non-hydrogen) atoms. The van der Waals surface area contributed by atoms with Gasteiger partial charge in [0.2, 0.25) is 0 Å². The van der Waals surface area contributed by atoms with Gasteiger partial charge in [-0.3, -0.25) is 0 Å². The minimum atomic E-state index is 0.609. The van der Waals surface area contributed by atoms with Crippen LogP contribution < -0.4 is 0 Å². The normalized spacial score (nSPS) is 11.6. The Kier molecular flexibility index (Phi) is 4.55. The highest BCUT2D eigenvalue weighted by Gasteiger charge is 2.14. The molecule has 0 aliphatic rings. The van der Waals surface area contributed by atoms with E-state index in [0.717, 1.165) is 77.0 Å². The molecule has 0 radical (unpaired) electrons. The number of furan rings is 1. The Balaban J connectivity index is 1.28. The van der Waals surface area contributed by atoms with Crippen LogP contribution in [0, 0.1) is 6.57 Å². The van der Waals surface area contributed by atoms with E-state index >= 15 is 0 Å². The predicted octanol–water partition coefficient (Wildman–Crippen LogP) is 9.72. The molecule has 0 saturated heterocycles. The van der Waals surface area contributed by atoms with Crippen molar-refractivity contribution in [3.63, 3.8) is 0 Å². The lowest BCUT2D eigenvalue weighted by molar-refractivity contribution is 0.669. The second kappa shape index (κ2) is 8.24. The first-order chi connectivity index (χ1) is 19.2. The van der Waals surface area contributed by atoms with Crippen LogP contribution in [0.4, 0.5) is 5.69 Å². The van der Waals surface area contributed by atoms with Crippen molar-refractivity contribution in [2.75, 3.05) is 0 Å². The highest BCUT2D eigenvalue weighted by molar-refractivity contribution is 6.12. The molecule has 4 nitrogen and oxygen atoms in total. The zero-order valence-corrected chi connectivity index (χ0v) is 20.7. The van der Waals surface area contributed by atoms with E-state index in [0.29, 0.717) is 5.69 Å². The van der Waals surface area contributed by atoms with Crippen LogP contribution in [0.1, 0.15) is 0 Å². The summed E-state index contributed by atoms with van der Waals surface area (Å²) in [6.07, 6.45) is 0. The number of hydrogen-bond acceptors (Lipinski definition) is 3. The smallest absolute Gasteiger partial charge is 0.188 e. The summed E-state index contributed by atoms with van der Waals surface area (Å²) in [6.45, 7) is 7.37. The average molecular weight is 498 g/mol. The Morgan fingerprint density at radius 2 is 1.23 bits per heavy atom. The third-order valence-electron chi connectivity index (χ3n) is 7.44. The molecule has 8 rings (SSSR count). The van der Waals surface area contributed by atoms with Crippen molar-refractivity contribution < 1.29 is 4.42 Å². The maximum absolute atomic E-state index is 7.37. The number of aromatic nitrogens is 2. The van der Waals surface area contributed by atoms with E-state index in [9.17, 15) is 0 Å². The van der Waals surface area contributed by atoms with E-state index in [1.54, 1.807) is 6.07 Å². The quantitative estimate of drug-likeness (QED) is 0.136. The van der Waals surface area contributed by atoms with Crippen molar-refractivity contribution in [3.8, 4) is 22.4 Å². The maximum atomic E-state index is 7.37. The summed E-state index contributed by atoms with van der Waals surface area (Å²) in [4.78, 5) is 13.7. The zero-order valence-electron chi connectivity index (χ0n) is 20.7. The summed E-state index contributed by atoms with van der Waals surface area (Å²) in [5.74, 6) is 0. The predicted molar refractivity (Wildman–Crippen MR) is 159 cm³/mol. The molecule has 0 atom stereocenters. The van der Waals surface area contributed by atoms with Crippen molar-refractivity contribution in [3.05, 3.63) is 127 Å². The summed E-state index contributed by atoms with van der Waals surface area (Å²) in [5, 5.41) is 5.17. The van der Waals surface area contributed by atoms with Gasteiger partial charge in [-0.1, -0.05) is 72.8 Å². The van der Waals surface area contributed by atoms with E-state index in [4.69, 9.17) is 21.0 Å². The number of rotatable bonds is 2. The first-order valence-corrected chi connectivity index (χ1v) is 12.8. The number of pyridine rings is 2. The van der Waals surface area contributed by atoms with Gasteiger partial charge in [0.05, 0.1) is 28.8 Å².